The summed E-state index contributed by atoms with van der Waals surface area (Å²) in [6, 6.07) is 4.88. The monoisotopic (exact) mass is 338 g/mol. The first-order chi connectivity index (χ1) is 10.5. The molecule has 1 aromatic carbocycles. The van der Waals surface area contributed by atoms with Gasteiger partial charge in [-0.1, -0.05) is 11.3 Å². The van der Waals surface area contributed by atoms with Crippen molar-refractivity contribution in [1.29, 1.82) is 0 Å². The molecule has 0 spiro atoms. The molecule has 0 saturated carbocycles. The van der Waals surface area contributed by atoms with Crippen molar-refractivity contribution >= 4 is 55.9 Å². The van der Waals surface area contributed by atoms with Crippen LogP contribution < -0.4 is 16.4 Å². The van der Waals surface area contributed by atoms with Gasteiger partial charge in [0.05, 0.1) is 16.3 Å². The van der Waals surface area contributed by atoms with Crippen LogP contribution in [0.2, 0.25) is 0 Å². The van der Waals surface area contributed by atoms with Crippen LogP contribution in [0.3, 0.4) is 0 Å². The van der Waals surface area contributed by atoms with Crippen molar-refractivity contribution in [2.75, 3.05) is 22.6 Å². The van der Waals surface area contributed by atoms with Gasteiger partial charge in [0.1, 0.15) is 0 Å². The van der Waals surface area contributed by atoms with Gasteiger partial charge >= 0.3 is 0 Å². The molecule has 4 N–H and O–H groups in total. The minimum Gasteiger partial charge on any atom is -0.326 e. The van der Waals surface area contributed by atoms with E-state index in [1.54, 1.807) is 23.9 Å². The van der Waals surface area contributed by atoms with E-state index >= 15 is 0 Å². The Hall–Kier alpha value is -1.64. The fraction of sp³-hybridized carbons (Fsp3) is 0.357. The third-order valence-electron chi connectivity index (χ3n) is 2.91. The molecule has 1 unspecified atom stereocenters. The van der Waals surface area contributed by atoms with Crippen molar-refractivity contribution in [3.05, 3.63) is 18.2 Å². The predicted octanol–water partition coefficient (Wildman–Crippen LogP) is 2.27. The lowest BCUT2D eigenvalue weighted by Gasteiger charge is -2.09. The topological polar surface area (TPSA) is 97.1 Å². The summed E-state index contributed by atoms with van der Waals surface area (Å²) in [4.78, 5) is 27.4. The number of anilines is 2. The fourth-order valence-electron chi connectivity index (χ4n) is 1.83. The van der Waals surface area contributed by atoms with Gasteiger partial charge in [-0.05, 0) is 36.6 Å². The highest BCUT2D eigenvalue weighted by Gasteiger charge is 2.15. The van der Waals surface area contributed by atoms with Gasteiger partial charge in [0.15, 0.2) is 5.13 Å². The van der Waals surface area contributed by atoms with E-state index in [2.05, 4.69) is 15.6 Å². The van der Waals surface area contributed by atoms with Crippen LogP contribution in [0.4, 0.5) is 10.8 Å². The minimum absolute atomic E-state index is 0.128. The summed E-state index contributed by atoms with van der Waals surface area (Å²) in [6.07, 6.45) is 2.61. The maximum absolute atomic E-state index is 12.0. The Morgan fingerprint density at radius 1 is 1.41 bits per heavy atom. The van der Waals surface area contributed by atoms with E-state index in [0.29, 0.717) is 17.2 Å². The number of nitrogens with one attached hydrogen (secondary N) is 2. The van der Waals surface area contributed by atoms with E-state index in [0.717, 1.165) is 16.0 Å². The Morgan fingerprint density at radius 3 is 2.86 bits per heavy atom. The number of benzene rings is 1. The number of thioether (sulfide) groups is 1. The first-order valence-corrected chi connectivity index (χ1v) is 8.94. The SMILES string of the molecule is CSCCC(N)C(=O)Nc1nc2ccc(NC(C)=O)cc2s1. The van der Waals surface area contributed by atoms with Gasteiger partial charge in [0, 0.05) is 12.6 Å². The van der Waals surface area contributed by atoms with Gasteiger partial charge in [-0.2, -0.15) is 11.8 Å². The average Bonchev–Trinajstić information content (AvgIpc) is 2.85. The quantitative estimate of drug-likeness (QED) is 0.751. The van der Waals surface area contributed by atoms with Crippen molar-refractivity contribution in [3.8, 4) is 0 Å². The van der Waals surface area contributed by atoms with E-state index in [4.69, 9.17) is 5.73 Å². The van der Waals surface area contributed by atoms with Gasteiger partial charge in [0.2, 0.25) is 11.8 Å². The van der Waals surface area contributed by atoms with Crippen molar-refractivity contribution in [1.82, 2.24) is 4.98 Å². The third-order valence-corrected chi connectivity index (χ3v) is 4.49. The van der Waals surface area contributed by atoms with E-state index < -0.39 is 6.04 Å². The number of hydrogen-bond donors (Lipinski definition) is 3. The first-order valence-electron chi connectivity index (χ1n) is 6.73. The standard InChI is InChI=1S/C14H18N4O2S2/c1-8(19)16-9-3-4-11-12(7-9)22-14(17-11)18-13(20)10(15)5-6-21-2/h3-4,7,10H,5-6,15H2,1-2H3,(H,16,19)(H,17,18,20). The highest BCUT2D eigenvalue weighted by atomic mass is 32.2. The van der Waals surface area contributed by atoms with Crippen LogP contribution in [0.15, 0.2) is 18.2 Å². The molecule has 2 aromatic rings. The van der Waals surface area contributed by atoms with Crippen LogP contribution in [-0.2, 0) is 9.59 Å². The molecule has 0 radical (unpaired) electrons. The van der Waals surface area contributed by atoms with Crippen LogP contribution in [0.1, 0.15) is 13.3 Å². The maximum atomic E-state index is 12.0. The van der Waals surface area contributed by atoms with Gasteiger partial charge in [-0.3, -0.25) is 9.59 Å². The number of thiazole rings is 1. The number of carbonyl (C=O) groups is 2. The van der Waals surface area contributed by atoms with Gasteiger partial charge in [-0.25, -0.2) is 4.98 Å². The molecule has 1 atom stereocenters. The predicted molar refractivity (Wildman–Crippen MR) is 93.5 cm³/mol. The Balaban J connectivity index is 2.09. The van der Waals surface area contributed by atoms with Gasteiger partial charge < -0.3 is 16.4 Å². The van der Waals surface area contributed by atoms with Crippen molar-refractivity contribution in [2.45, 2.75) is 19.4 Å². The van der Waals surface area contributed by atoms with Gasteiger partial charge in [-0.15, -0.1) is 0 Å². The zero-order valence-corrected chi connectivity index (χ0v) is 14.0. The number of aromatic nitrogens is 1. The third kappa shape index (κ3) is 4.43. The molecule has 0 saturated heterocycles. The number of amides is 2. The zero-order valence-electron chi connectivity index (χ0n) is 12.4. The minimum atomic E-state index is -0.533. The summed E-state index contributed by atoms with van der Waals surface area (Å²) in [7, 11) is 0. The summed E-state index contributed by atoms with van der Waals surface area (Å²) in [5.41, 5.74) is 7.31. The molecule has 0 aliphatic rings. The highest BCUT2D eigenvalue weighted by Crippen LogP contribution is 2.28. The second-order valence-corrected chi connectivity index (χ2v) is 6.78. The van der Waals surface area contributed by atoms with Crippen molar-refractivity contribution in [2.24, 2.45) is 5.73 Å². The van der Waals surface area contributed by atoms with E-state index in [9.17, 15) is 9.59 Å². The second-order valence-electron chi connectivity index (χ2n) is 4.76. The van der Waals surface area contributed by atoms with E-state index in [-0.39, 0.29) is 11.8 Å². The number of hydrogen-bond acceptors (Lipinski definition) is 6. The number of carbonyl (C=O) groups excluding carboxylic acids is 2. The van der Waals surface area contributed by atoms with Crippen LogP contribution in [0.25, 0.3) is 10.2 Å². The number of rotatable bonds is 6. The molecule has 0 aliphatic carbocycles. The largest absolute Gasteiger partial charge is 0.326 e. The molecule has 8 heteroatoms. The number of nitrogens with zero attached hydrogens (tertiary/aromatic N) is 1. The molecular weight excluding hydrogens is 320 g/mol. The van der Waals surface area contributed by atoms with Crippen LogP contribution in [0, 0.1) is 0 Å². The smallest absolute Gasteiger partial charge is 0.243 e. The lowest BCUT2D eigenvalue weighted by molar-refractivity contribution is -0.117. The van der Waals surface area contributed by atoms with E-state index in [1.165, 1.54) is 18.3 Å². The molecule has 0 aliphatic heterocycles. The van der Waals surface area contributed by atoms with Crippen LogP contribution in [0.5, 0.6) is 0 Å². The van der Waals surface area contributed by atoms with E-state index in [1.807, 2.05) is 12.3 Å². The number of fused-ring (bicyclic) bond motifs is 1. The lowest BCUT2D eigenvalue weighted by Crippen LogP contribution is -2.36. The molecule has 1 heterocycles. The Kier molecular flexibility index (Phi) is 5.76. The van der Waals surface area contributed by atoms with Gasteiger partial charge in [0.25, 0.3) is 0 Å². The molecule has 22 heavy (non-hydrogen) atoms. The molecule has 2 amide bonds. The summed E-state index contributed by atoms with van der Waals surface area (Å²) >= 11 is 3.01. The molecule has 1 aromatic heterocycles. The Labute approximate surface area is 136 Å². The molecule has 118 valence electrons. The zero-order chi connectivity index (χ0) is 16.1. The summed E-state index contributed by atoms with van der Waals surface area (Å²) < 4.78 is 0.888. The van der Waals surface area contributed by atoms with Crippen LogP contribution >= 0.6 is 23.1 Å². The van der Waals surface area contributed by atoms with Crippen molar-refractivity contribution < 1.29 is 9.59 Å². The highest BCUT2D eigenvalue weighted by molar-refractivity contribution is 7.98. The summed E-state index contributed by atoms with van der Waals surface area (Å²) in [6.45, 7) is 1.46. The molecule has 0 fully saturated rings. The van der Waals surface area contributed by atoms with Crippen LogP contribution in [-0.4, -0.2) is 34.8 Å². The average molecular weight is 338 g/mol. The second kappa shape index (κ2) is 7.57. The Morgan fingerprint density at radius 2 is 2.18 bits per heavy atom. The van der Waals surface area contributed by atoms with Crippen molar-refractivity contribution in [3.63, 3.8) is 0 Å². The molecular formula is C14H18N4O2S2. The first kappa shape index (κ1) is 16.7. The normalized spacial score (nSPS) is 12.1. The Bertz CT molecular complexity index is 687. The molecule has 0 bridgehead atoms. The summed E-state index contributed by atoms with van der Waals surface area (Å²) in [5, 5.41) is 5.98. The fourth-order valence-corrected chi connectivity index (χ4v) is 3.23. The summed E-state index contributed by atoms with van der Waals surface area (Å²) in [5.74, 6) is 0.487. The molecule has 6 nitrogen and oxygen atoms in total. The maximum Gasteiger partial charge on any atom is 0.243 e. The number of nitrogens with two attached hydrogens (primary N) is 1. The molecule has 2 rings (SSSR count). The lowest BCUT2D eigenvalue weighted by atomic mass is 10.2.